The molecule has 5 heteroatoms. The number of amides is 1. The Kier molecular flexibility index (Phi) is 8.18. The molecule has 13 heavy (non-hydrogen) atoms. The summed E-state index contributed by atoms with van der Waals surface area (Å²) in [5.41, 5.74) is 7.57. The quantitative estimate of drug-likeness (QED) is 0.238. The normalized spacial score (nSPS) is 12.5. The lowest BCUT2D eigenvalue weighted by molar-refractivity contribution is -0.121. The highest BCUT2D eigenvalue weighted by Gasteiger charge is 2.00. The zero-order valence-corrected chi connectivity index (χ0v) is 8.90. The van der Waals surface area contributed by atoms with Gasteiger partial charge in [-0.15, -0.1) is 0 Å². The predicted molar refractivity (Wildman–Crippen MR) is 57.1 cm³/mol. The summed E-state index contributed by atoms with van der Waals surface area (Å²) >= 11 is 1.84. The van der Waals surface area contributed by atoms with Crippen LogP contribution in [0.4, 0.5) is 0 Å². The molecule has 0 aliphatic rings. The van der Waals surface area contributed by atoms with E-state index in [2.05, 4.69) is 12.3 Å². The van der Waals surface area contributed by atoms with Crippen molar-refractivity contribution >= 4 is 17.7 Å². The molecule has 0 bridgehead atoms. The minimum absolute atomic E-state index is 0.0903. The van der Waals surface area contributed by atoms with Gasteiger partial charge in [0, 0.05) is 6.42 Å². The summed E-state index contributed by atoms with van der Waals surface area (Å²) in [6.45, 7) is 2.86. The van der Waals surface area contributed by atoms with Crippen LogP contribution >= 0.6 is 11.8 Å². The Morgan fingerprint density at radius 1 is 1.62 bits per heavy atom. The Bertz CT molecular complexity index is 143. The summed E-state index contributed by atoms with van der Waals surface area (Å²) < 4.78 is 0. The van der Waals surface area contributed by atoms with Gasteiger partial charge in [0.15, 0.2) is 0 Å². The molecule has 5 N–H and O–H groups in total. The third-order valence-electron chi connectivity index (χ3n) is 1.66. The van der Waals surface area contributed by atoms with Gasteiger partial charge in [-0.25, -0.2) is 5.84 Å². The van der Waals surface area contributed by atoms with Crippen molar-refractivity contribution < 1.29 is 4.79 Å². The van der Waals surface area contributed by atoms with E-state index in [0.717, 1.165) is 24.5 Å². The van der Waals surface area contributed by atoms with Gasteiger partial charge in [-0.2, -0.15) is 11.8 Å². The highest BCUT2D eigenvalue weighted by atomic mass is 32.2. The lowest BCUT2D eigenvalue weighted by Crippen LogP contribution is -2.29. The topological polar surface area (TPSA) is 81.1 Å². The van der Waals surface area contributed by atoms with Crippen molar-refractivity contribution in [1.29, 1.82) is 0 Å². The van der Waals surface area contributed by atoms with E-state index < -0.39 is 0 Å². The first kappa shape index (κ1) is 12.7. The Hall–Kier alpha value is -0.260. The molecular weight excluding hydrogens is 186 g/mol. The van der Waals surface area contributed by atoms with Crippen LogP contribution < -0.4 is 17.0 Å². The minimum atomic E-state index is -0.0903. The number of rotatable bonds is 7. The number of carbonyl (C=O) groups is 1. The lowest BCUT2D eigenvalue weighted by atomic mass is 10.2. The Balaban J connectivity index is 3.12. The van der Waals surface area contributed by atoms with E-state index in [1.807, 2.05) is 11.8 Å². The monoisotopic (exact) mass is 205 g/mol. The largest absolute Gasteiger partial charge is 0.330 e. The summed E-state index contributed by atoms with van der Waals surface area (Å²) in [4.78, 5) is 10.7. The minimum Gasteiger partial charge on any atom is -0.330 e. The number of carbonyl (C=O) groups excluding carboxylic acids is 1. The van der Waals surface area contributed by atoms with Crippen LogP contribution in [0, 0.1) is 5.92 Å². The van der Waals surface area contributed by atoms with Crippen molar-refractivity contribution in [3.63, 3.8) is 0 Å². The molecule has 1 unspecified atom stereocenters. The molecule has 0 aromatic rings. The number of hydrogen-bond donors (Lipinski definition) is 3. The second kappa shape index (κ2) is 8.34. The molecule has 1 atom stereocenters. The second-order valence-corrected chi connectivity index (χ2v) is 4.24. The fourth-order valence-electron chi connectivity index (χ4n) is 0.760. The van der Waals surface area contributed by atoms with E-state index in [1.165, 1.54) is 0 Å². The number of thioether (sulfide) groups is 1. The zero-order chi connectivity index (χ0) is 10.1. The molecule has 0 radical (unpaired) electrons. The van der Waals surface area contributed by atoms with E-state index in [1.54, 1.807) is 0 Å². The highest BCUT2D eigenvalue weighted by molar-refractivity contribution is 7.99. The van der Waals surface area contributed by atoms with Crippen LogP contribution in [0.15, 0.2) is 0 Å². The first-order valence-corrected chi connectivity index (χ1v) is 5.63. The molecular formula is C8H19N3OS. The van der Waals surface area contributed by atoms with Crippen LogP contribution in [0.1, 0.15) is 19.8 Å². The van der Waals surface area contributed by atoms with E-state index >= 15 is 0 Å². The molecule has 4 nitrogen and oxygen atoms in total. The van der Waals surface area contributed by atoms with Gasteiger partial charge in [-0.1, -0.05) is 6.92 Å². The van der Waals surface area contributed by atoms with Crippen LogP contribution in [-0.4, -0.2) is 24.0 Å². The number of nitrogens with two attached hydrogens (primary N) is 2. The Morgan fingerprint density at radius 2 is 2.31 bits per heavy atom. The maximum Gasteiger partial charge on any atom is 0.233 e. The average Bonchev–Trinajstić information content (AvgIpc) is 2.16. The molecule has 0 heterocycles. The summed E-state index contributed by atoms with van der Waals surface area (Å²) in [7, 11) is 0. The third kappa shape index (κ3) is 8.08. The predicted octanol–water partition coefficient (Wildman–Crippen LogP) is 0.0845. The summed E-state index contributed by atoms with van der Waals surface area (Å²) in [6.07, 6.45) is 1.39. The lowest BCUT2D eigenvalue weighted by Gasteiger charge is -2.06. The Labute approximate surface area is 83.8 Å². The molecule has 0 aromatic heterocycles. The van der Waals surface area contributed by atoms with Crippen molar-refractivity contribution in [1.82, 2.24) is 5.43 Å². The number of nitrogens with one attached hydrogen (secondary N) is 1. The van der Waals surface area contributed by atoms with Gasteiger partial charge >= 0.3 is 0 Å². The van der Waals surface area contributed by atoms with Gasteiger partial charge in [0.25, 0.3) is 0 Å². The van der Waals surface area contributed by atoms with Gasteiger partial charge in [0.2, 0.25) is 5.91 Å². The van der Waals surface area contributed by atoms with Crippen molar-refractivity contribution in [3.8, 4) is 0 Å². The zero-order valence-electron chi connectivity index (χ0n) is 8.08. The van der Waals surface area contributed by atoms with Crippen molar-refractivity contribution in [2.45, 2.75) is 19.8 Å². The average molecular weight is 205 g/mol. The van der Waals surface area contributed by atoms with Crippen LogP contribution in [0.3, 0.4) is 0 Å². The van der Waals surface area contributed by atoms with Gasteiger partial charge in [-0.3, -0.25) is 10.2 Å². The molecule has 0 spiro atoms. The van der Waals surface area contributed by atoms with Crippen LogP contribution in [-0.2, 0) is 4.79 Å². The van der Waals surface area contributed by atoms with Crippen LogP contribution in [0.2, 0.25) is 0 Å². The fourth-order valence-corrected chi connectivity index (χ4v) is 1.81. The van der Waals surface area contributed by atoms with Crippen molar-refractivity contribution in [3.05, 3.63) is 0 Å². The van der Waals surface area contributed by atoms with Gasteiger partial charge < -0.3 is 5.73 Å². The van der Waals surface area contributed by atoms with E-state index in [0.29, 0.717) is 12.3 Å². The summed E-state index contributed by atoms with van der Waals surface area (Å²) in [6, 6.07) is 0. The van der Waals surface area contributed by atoms with Gasteiger partial charge in [0.1, 0.15) is 0 Å². The summed E-state index contributed by atoms with van der Waals surface area (Å²) in [5, 5.41) is 0. The molecule has 0 aliphatic heterocycles. The summed E-state index contributed by atoms with van der Waals surface area (Å²) in [5.74, 6) is 7.47. The SMILES string of the molecule is CC(CN)CSCCCC(=O)NN. The molecule has 1 amide bonds. The highest BCUT2D eigenvalue weighted by Crippen LogP contribution is 2.09. The molecule has 0 saturated heterocycles. The number of hydrogen-bond acceptors (Lipinski definition) is 4. The first-order chi connectivity index (χ1) is 6.20. The molecule has 0 saturated carbocycles. The molecule has 0 aromatic carbocycles. The van der Waals surface area contributed by atoms with Gasteiger partial charge in [0.05, 0.1) is 0 Å². The van der Waals surface area contributed by atoms with E-state index in [4.69, 9.17) is 11.6 Å². The Morgan fingerprint density at radius 3 is 2.85 bits per heavy atom. The maximum absolute atomic E-state index is 10.7. The molecule has 0 rings (SSSR count). The van der Waals surface area contributed by atoms with Gasteiger partial charge in [-0.05, 0) is 30.4 Å². The first-order valence-electron chi connectivity index (χ1n) is 4.48. The maximum atomic E-state index is 10.7. The fraction of sp³-hybridized carbons (Fsp3) is 0.875. The third-order valence-corrected chi connectivity index (χ3v) is 3.04. The van der Waals surface area contributed by atoms with E-state index in [-0.39, 0.29) is 5.91 Å². The van der Waals surface area contributed by atoms with Crippen molar-refractivity contribution in [2.75, 3.05) is 18.1 Å². The van der Waals surface area contributed by atoms with E-state index in [9.17, 15) is 4.79 Å². The molecule has 0 fully saturated rings. The standard InChI is InChI=1S/C8H19N3OS/c1-7(5-9)6-13-4-2-3-8(12)11-10/h7H,2-6,9-10H2,1H3,(H,11,12). The molecule has 0 aliphatic carbocycles. The van der Waals surface area contributed by atoms with Crippen LogP contribution in [0.25, 0.3) is 0 Å². The van der Waals surface area contributed by atoms with Crippen LogP contribution in [0.5, 0.6) is 0 Å². The second-order valence-electron chi connectivity index (χ2n) is 3.09. The number of hydrazine groups is 1. The van der Waals surface area contributed by atoms with Crippen molar-refractivity contribution in [2.24, 2.45) is 17.5 Å². The smallest absolute Gasteiger partial charge is 0.233 e. The molecule has 78 valence electrons.